The minimum Gasteiger partial charge on any atom is -0.310 e. The van der Waals surface area contributed by atoms with Gasteiger partial charge in [-0.15, -0.1) is 0 Å². The van der Waals surface area contributed by atoms with Crippen molar-refractivity contribution in [2.24, 2.45) is 0 Å². The van der Waals surface area contributed by atoms with E-state index in [0.29, 0.717) is 0 Å². The number of nitrogens with zero attached hydrogens (tertiary/aromatic N) is 1. The van der Waals surface area contributed by atoms with Gasteiger partial charge in [0.15, 0.2) is 0 Å². The SMILES string of the molecule is CC(C)(C)c1ccc(N(c2ccccc2)c2ccc3cc4c(cc3c2)C2(c3ccccc3-c3ccccc32)c2c-4c3ccccc3c3ccccc23)cc1. The summed E-state index contributed by atoms with van der Waals surface area (Å²) in [6.45, 7) is 6.82. The Morgan fingerprint density at radius 1 is 0.389 bits per heavy atom. The molecule has 0 radical (unpaired) electrons. The fraction of sp³-hybridized carbons (Fsp3) is 0.0943. The summed E-state index contributed by atoms with van der Waals surface area (Å²) < 4.78 is 0. The Hall–Kier alpha value is -6.44. The van der Waals surface area contributed by atoms with E-state index in [0.717, 1.165) is 17.1 Å². The fourth-order valence-electron chi connectivity index (χ4n) is 9.82. The largest absolute Gasteiger partial charge is 0.310 e. The lowest BCUT2D eigenvalue weighted by atomic mass is 9.69. The van der Waals surface area contributed by atoms with Crippen LogP contribution >= 0.6 is 0 Å². The van der Waals surface area contributed by atoms with Gasteiger partial charge in [0.1, 0.15) is 0 Å². The van der Waals surface area contributed by atoms with Crippen LogP contribution in [0.5, 0.6) is 0 Å². The molecule has 0 heterocycles. The first kappa shape index (κ1) is 31.1. The molecule has 54 heavy (non-hydrogen) atoms. The van der Waals surface area contributed by atoms with Gasteiger partial charge in [0, 0.05) is 17.1 Å². The zero-order chi connectivity index (χ0) is 36.2. The number of rotatable bonds is 3. The summed E-state index contributed by atoms with van der Waals surface area (Å²) in [5, 5.41) is 7.74. The zero-order valence-electron chi connectivity index (χ0n) is 30.8. The Balaban J connectivity index is 1.23. The average Bonchev–Trinajstić information content (AvgIpc) is 3.68. The molecule has 2 aliphatic carbocycles. The van der Waals surface area contributed by atoms with Crippen molar-refractivity contribution in [3.05, 3.63) is 210 Å². The highest BCUT2D eigenvalue weighted by Gasteiger charge is 2.53. The van der Waals surface area contributed by atoms with E-state index < -0.39 is 5.41 Å². The molecule has 1 nitrogen and oxygen atoms in total. The summed E-state index contributed by atoms with van der Waals surface area (Å²) in [5.74, 6) is 0. The third kappa shape index (κ3) is 4.21. The lowest BCUT2D eigenvalue weighted by Gasteiger charge is -2.32. The quantitative estimate of drug-likeness (QED) is 0.167. The van der Waals surface area contributed by atoms with Crippen molar-refractivity contribution in [2.45, 2.75) is 31.6 Å². The van der Waals surface area contributed by atoms with Crippen molar-refractivity contribution in [1.29, 1.82) is 0 Å². The van der Waals surface area contributed by atoms with E-state index in [1.54, 1.807) is 0 Å². The number of para-hydroxylation sites is 1. The molecule has 0 unspecified atom stereocenters. The summed E-state index contributed by atoms with van der Waals surface area (Å²) in [6, 6.07) is 68.3. The van der Waals surface area contributed by atoms with Crippen molar-refractivity contribution in [2.75, 3.05) is 4.90 Å². The van der Waals surface area contributed by atoms with Crippen LogP contribution in [-0.2, 0) is 10.8 Å². The molecule has 1 spiro atoms. The molecule has 11 rings (SSSR count). The van der Waals surface area contributed by atoms with E-state index in [1.165, 1.54) is 82.4 Å². The molecule has 0 fully saturated rings. The van der Waals surface area contributed by atoms with Gasteiger partial charge >= 0.3 is 0 Å². The molecule has 0 atom stereocenters. The summed E-state index contributed by atoms with van der Waals surface area (Å²) in [4.78, 5) is 2.39. The molecule has 0 saturated carbocycles. The summed E-state index contributed by atoms with van der Waals surface area (Å²) in [5.41, 5.74) is 15.2. The standard InChI is InChI=1S/C53H39N/c1-52(2,3)36-26-29-38(30-27-36)54(37-15-5-4-6-16-37)39-28-25-34-32-46-49(33-35(34)31-39)53(47-23-13-11-19-42(47)43-20-12-14-24-48(43)53)51-45-22-10-8-18-41(45)40-17-7-9-21-44(40)50(46)51/h4-33H,1-3H3. The number of hydrogen-bond donors (Lipinski definition) is 0. The number of anilines is 3. The molecule has 9 aromatic rings. The first-order valence-electron chi connectivity index (χ1n) is 19.1. The Kier molecular flexibility index (Phi) is 6.50. The maximum atomic E-state index is 2.53. The summed E-state index contributed by atoms with van der Waals surface area (Å²) in [6.07, 6.45) is 0. The van der Waals surface area contributed by atoms with E-state index >= 15 is 0 Å². The molecule has 256 valence electrons. The van der Waals surface area contributed by atoms with Crippen LogP contribution in [-0.4, -0.2) is 0 Å². The Morgan fingerprint density at radius 3 is 1.59 bits per heavy atom. The number of hydrogen-bond acceptors (Lipinski definition) is 1. The maximum absolute atomic E-state index is 2.53. The van der Waals surface area contributed by atoms with Crippen molar-refractivity contribution in [3.8, 4) is 22.3 Å². The van der Waals surface area contributed by atoms with Crippen LogP contribution in [0.2, 0.25) is 0 Å². The Bertz CT molecular complexity index is 2920. The van der Waals surface area contributed by atoms with Gasteiger partial charge in [0.05, 0.1) is 5.41 Å². The summed E-state index contributed by atoms with van der Waals surface area (Å²) >= 11 is 0. The molecule has 2 aliphatic rings. The smallest absolute Gasteiger partial charge is 0.0731 e. The second-order valence-corrected chi connectivity index (χ2v) is 16.1. The lowest BCUT2D eigenvalue weighted by molar-refractivity contribution is 0.590. The molecular formula is C53H39N. The molecule has 1 heteroatoms. The van der Waals surface area contributed by atoms with Crippen LogP contribution in [0, 0.1) is 0 Å². The molecule has 0 aliphatic heterocycles. The first-order valence-corrected chi connectivity index (χ1v) is 19.1. The van der Waals surface area contributed by atoms with Gasteiger partial charge in [0.2, 0.25) is 0 Å². The van der Waals surface area contributed by atoms with Gasteiger partial charge in [-0.1, -0.05) is 154 Å². The zero-order valence-corrected chi connectivity index (χ0v) is 30.8. The van der Waals surface area contributed by atoms with Gasteiger partial charge in [0.25, 0.3) is 0 Å². The molecule has 9 aromatic carbocycles. The van der Waals surface area contributed by atoms with Gasteiger partial charge < -0.3 is 4.90 Å². The Labute approximate surface area is 316 Å². The third-order valence-corrected chi connectivity index (χ3v) is 12.2. The molecule has 0 aromatic heterocycles. The average molecular weight is 690 g/mol. The van der Waals surface area contributed by atoms with Crippen LogP contribution < -0.4 is 4.90 Å². The normalized spacial score (nSPS) is 13.6. The van der Waals surface area contributed by atoms with Gasteiger partial charge in [-0.3, -0.25) is 0 Å². The van der Waals surface area contributed by atoms with Crippen LogP contribution in [0.3, 0.4) is 0 Å². The third-order valence-electron chi connectivity index (χ3n) is 12.2. The molecule has 0 saturated heterocycles. The lowest BCUT2D eigenvalue weighted by Crippen LogP contribution is -2.26. The van der Waals surface area contributed by atoms with Crippen molar-refractivity contribution in [3.63, 3.8) is 0 Å². The monoisotopic (exact) mass is 689 g/mol. The molecular weight excluding hydrogens is 651 g/mol. The summed E-state index contributed by atoms with van der Waals surface area (Å²) in [7, 11) is 0. The van der Waals surface area contributed by atoms with Crippen molar-refractivity contribution < 1.29 is 0 Å². The van der Waals surface area contributed by atoms with Crippen LogP contribution in [0.15, 0.2) is 182 Å². The predicted octanol–water partition coefficient (Wildman–Crippen LogP) is 14.3. The topological polar surface area (TPSA) is 3.24 Å². The Morgan fingerprint density at radius 2 is 0.926 bits per heavy atom. The van der Waals surface area contributed by atoms with E-state index in [1.807, 2.05) is 0 Å². The highest BCUT2D eigenvalue weighted by molar-refractivity contribution is 6.20. The molecule has 0 bridgehead atoms. The minimum absolute atomic E-state index is 0.0844. The van der Waals surface area contributed by atoms with E-state index in [2.05, 4.69) is 208 Å². The highest BCUT2D eigenvalue weighted by Crippen LogP contribution is 2.65. The van der Waals surface area contributed by atoms with Crippen molar-refractivity contribution >= 4 is 49.4 Å². The van der Waals surface area contributed by atoms with E-state index in [9.17, 15) is 0 Å². The van der Waals surface area contributed by atoms with Gasteiger partial charge in [-0.05, 0) is 136 Å². The van der Waals surface area contributed by atoms with E-state index in [-0.39, 0.29) is 5.41 Å². The fourth-order valence-corrected chi connectivity index (χ4v) is 9.82. The minimum atomic E-state index is -0.465. The second kappa shape index (κ2) is 11.3. The van der Waals surface area contributed by atoms with Crippen LogP contribution in [0.1, 0.15) is 48.6 Å². The number of fused-ring (bicyclic) bond motifs is 16. The van der Waals surface area contributed by atoms with Gasteiger partial charge in [-0.2, -0.15) is 0 Å². The molecule has 0 N–H and O–H groups in total. The maximum Gasteiger partial charge on any atom is 0.0731 e. The van der Waals surface area contributed by atoms with Gasteiger partial charge in [-0.25, -0.2) is 0 Å². The first-order chi connectivity index (χ1) is 26.4. The van der Waals surface area contributed by atoms with Crippen molar-refractivity contribution in [1.82, 2.24) is 0 Å². The highest BCUT2D eigenvalue weighted by atomic mass is 15.1. The van der Waals surface area contributed by atoms with E-state index in [4.69, 9.17) is 0 Å². The predicted molar refractivity (Wildman–Crippen MR) is 229 cm³/mol. The molecule has 0 amide bonds. The number of benzene rings is 9. The van der Waals surface area contributed by atoms with Crippen LogP contribution in [0.25, 0.3) is 54.6 Å². The van der Waals surface area contributed by atoms with Crippen LogP contribution in [0.4, 0.5) is 17.1 Å². The second-order valence-electron chi connectivity index (χ2n) is 16.1.